The number of rotatable bonds is 7. The summed E-state index contributed by atoms with van der Waals surface area (Å²) in [6.07, 6.45) is 0.484. The number of fused-ring (bicyclic) bond motifs is 1. The number of hydrogen-bond donors (Lipinski definition) is 2. The molecule has 0 atom stereocenters. The quantitative estimate of drug-likeness (QED) is 0.457. The Morgan fingerprint density at radius 1 is 1.13 bits per heavy atom. The highest BCUT2D eigenvalue weighted by molar-refractivity contribution is 6.08. The van der Waals surface area contributed by atoms with Crippen molar-refractivity contribution in [3.05, 3.63) is 70.0 Å². The second kappa shape index (κ2) is 9.13. The van der Waals surface area contributed by atoms with Crippen molar-refractivity contribution in [3.63, 3.8) is 0 Å². The van der Waals surface area contributed by atoms with Gasteiger partial charge >= 0.3 is 5.97 Å². The molecule has 0 saturated heterocycles. The third-order valence-corrected chi connectivity index (χ3v) is 4.64. The highest BCUT2D eigenvalue weighted by Gasteiger charge is 2.20. The molecule has 0 unspecified atom stereocenters. The van der Waals surface area contributed by atoms with Crippen molar-refractivity contribution in [2.75, 3.05) is 20.3 Å². The first-order valence-electron chi connectivity index (χ1n) is 9.34. The maximum atomic E-state index is 12.6. The molecule has 8 heteroatoms. The van der Waals surface area contributed by atoms with Gasteiger partial charge < -0.3 is 24.5 Å². The van der Waals surface area contributed by atoms with Gasteiger partial charge in [0.1, 0.15) is 5.75 Å². The van der Waals surface area contributed by atoms with Crippen molar-refractivity contribution in [2.24, 2.45) is 7.05 Å². The molecule has 0 bridgehead atoms. The zero-order valence-electron chi connectivity index (χ0n) is 16.7. The van der Waals surface area contributed by atoms with Gasteiger partial charge in [-0.1, -0.05) is 24.3 Å². The van der Waals surface area contributed by atoms with Gasteiger partial charge in [-0.3, -0.25) is 9.59 Å². The summed E-state index contributed by atoms with van der Waals surface area (Å²) < 4.78 is 11.6. The Hall–Kier alpha value is -3.81. The second-order valence-corrected chi connectivity index (χ2v) is 6.58. The number of nitrogens with zero attached hydrogens (tertiary/aromatic N) is 1. The lowest BCUT2D eigenvalue weighted by molar-refractivity contribution is 0.0600. The average Bonchev–Trinajstić information content (AvgIpc) is 2.77. The monoisotopic (exact) mass is 410 g/mol. The lowest BCUT2D eigenvalue weighted by Gasteiger charge is -2.12. The Labute approximate surface area is 172 Å². The fourth-order valence-electron chi connectivity index (χ4n) is 3.09. The number of aromatic hydroxyl groups is 1. The van der Waals surface area contributed by atoms with Crippen molar-refractivity contribution in [1.29, 1.82) is 0 Å². The standard InChI is InChI=1S/C22H22N2O6/c1-24-17-10-4-3-9-16(17)18(19(25)21(24)27)20(26)23-11-6-12-30-15-8-5-7-14(13-15)22(28)29-2/h3-5,7-10,13,25H,6,11-12H2,1-2H3,(H,23,26). The lowest BCUT2D eigenvalue weighted by atomic mass is 10.1. The number of amides is 1. The van der Waals surface area contributed by atoms with E-state index < -0.39 is 23.2 Å². The van der Waals surface area contributed by atoms with Crippen LogP contribution in [0.1, 0.15) is 27.1 Å². The van der Waals surface area contributed by atoms with E-state index in [1.165, 1.54) is 11.7 Å². The average molecular weight is 410 g/mol. The predicted molar refractivity (Wildman–Crippen MR) is 111 cm³/mol. The number of benzene rings is 2. The van der Waals surface area contributed by atoms with Crippen LogP contribution in [-0.2, 0) is 11.8 Å². The molecule has 0 aliphatic heterocycles. The third kappa shape index (κ3) is 4.27. The van der Waals surface area contributed by atoms with E-state index in [-0.39, 0.29) is 12.1 Å². The summed E-state index contributed by atoms with van der Waals surface area (Å²) in [6.45, 7) is 0.576. The van der Waals surface area contributed by atoms with Crippen LogP contribution in [0.3, 0.4) is 0 Å². The number of aryl methyl sites for hydroxylation is 1. The third-order valence-electron chi connectivity index (χ3n) is 4.64. The molecule has 0 aliphatic rings. The number of pyridine rings is 1. The normalized spacial score (nSPS) is 10.6. The van der Waals surface area contributed by atoms with Crippen molar-refractivity contribution >= 4 is 22.8 Å². The molecule has 1 heterocycles. The van der Waals surface area contributed by atoms with Crippen LogP contribution in [0.2, 0.25) is 0 Å². The number of hydrogen-bond acceptors (Lipinski definition) is 6. The topological polar surface area (TPSA) is 107 Å². The number of ether oxygens (including phenoxy) is 2. The number of carbonyl (C=O) groups is 2. The zero-order valence-corrected chi connectivity index (χ0v) is 16.7. The molecule has 0 saturated carbocycles. The van der Waals surface area contributed by atoms with Crippen LogP contribution in [-0.4, -0.2) is 41.8 Å². The Morgan fingerprint density at radius 3 is 2.67 bits per heavy atom. The van der Waals surface area contributed by atoms with E-state index in [1.54, 1.807) is 55.6 Å². The number of nitrogens with one attached hydrogen (secondary N) is 1. The molecule has 0 spiro atoms. The van der Waals surface area contributed by atoms with Crippen LogP contribution in [0.15, 0.2) is 53.3 Å². The van der Waals surface area contributed by atoms with Crippen LogP contribution in [0.4, 0.5) is 0 Å². The first-order valence-corrected chi connectivity index (χ1v) is 9.34. The number of carbonyl (C=O) groups excluding carboxylic acids is 2. The highest BCUT2D eigenvalue weighted by atomic mass is 16.5. The number of esters is 1. The van der Waals surface area contributed by atoms with Crippen molar-refractivity contribution in [1.82, 2.24) is 9.88 Å². The number of methoxy groups -OCH3 is 1. The molecule has 2 N–H and O–H groups in total. The van der Waals surface area contributed by atoms with E-state index in [9.17, 15) is 19.5 Å². The van der Waals surface area contributed by atoms with Gasteiger partial charge in [0.05, 0.1) is 30.4 Å². The Kier molecular flexibility index (Phi) is 6.36. The molecule has 1 aromatic heterocycles. The molecule has 30 heavy (non-hydrogen) atoms. The summed E-state index contributed by atoms with van der Waals surface area (Å²) in [5.74, 6) is -1.05. The summed E-state index contributed by atoms with van der Waals surface area (Å²) >= 11 is 0. The molecule has 0 aliphatic carbocycles. The molecule has 3 rings (SSSR count). The van der Waals surface area contributed by atoms with Crippen molar-refractivity contribution in [2.45, 2.75) is 6.42 Å². The van der Waals surface area contributed by atoms with E-state index in [0.29, 0.717) is 35.2 Å². The van der Waals surface area contributed by atoms with Gasteiger partial charge in [0.15, 0.2) is 5.75 Å². The summed E-state index contributed by atoms with van der Waals surface area (Å²) in [5, 5.41) is 13.4. The van der Waals surface area contributed by atoms with Gasteiger partial charge in [-0.25, -0.2) is 4.79 Å². The van der Waals surface area contributed by atoms with Crippen molar-refractivity contribution in [3.8, 4) is 11.5 Å². The summed E-state index contributed by atoms with van der Waals surface area (Å²) in [4.78, 5) is 36.4. The van der Waals surface area contributed by atoms with E-state index in [1.807, 2.05) is 0 Å². The molecular formula is C22H22N2O6. The molecule has 3 aromatic rings. The van der Waals surface area contributed by atoms with Crippen molar-refractivity contribution < 1.29 is 24.2 Å². The lowest BCUT2D eigenvalue weighted by Crippen LogP contribution is -2.28. The van der Waals surface area contributed by atoms with E-state index in [0.717, 1.165) is 0 Å². The summed E-state index contributed by atoms with van der Waals surface area (Å²) in [7, 11) is 2.85. The van der Waals surface area contributed by atoms with Gasteiger partial charge in [0.2, 0.25) is 0 Å². The molecule has 0 fully saturated rings. The Bertz CT molecular complexity index is 1150. The van der Waals surface area contributed by atoms with Gasteiger partial charge in [-0.05, 0) is 30.7 Å². The highest BCUT2D eigenvalue weighted by Crippen LogP contribution is 2.23. The second-order valence-electron chi connectivity index (χ2n) is 6.58. The van der Waals surface area contributed by atoms with Crippen LogP contribution < -0.4 is 15.6 Å². The van der Waals surface area contributed by atoms with Crippen LogP contribution >= 0.6 is 0 Å². The van der Waals surface area contributed by atoms with E-state index >= 15 is 0 Å². The SMILES string of the molecule is COC(=O)c1cccc(OCCCNC(=O)c2c(O)c(=O)n(C)c3ccccc23)c1. The zero-order chi connectivity index (χ0) is 21.7. The predicted octanol–water partition coefficient (Wildman–Crippen LogP) is 2.23. The summed E-state index contributed by atoms with van der Waals surface area (Å²) in [5.41, 5.74) is 0.267. The fraction of sp³-hybridized carbons (Fsp3) is 0.227. The van der Waals surface area contributed by atoms with Crippen LogP contribution in [0.5, 0.6) is 11.5 Å². The first-order chi connectivity index (χ1) is 14.4. The molecule has 0 radical (unpaired) electrons. The molecular weight excluding hydrogens is 388 g/mol. The molecule has 8 nitrogen and oxygen atoms in total. The Morgan fingerprint density at radius 2 is 1.90 bits per heavy atom. The van der Waals surface area contributed by atoms with E-state index in [4.69, 9.17) is 4.74 Å². The van der Waals surface area contributed by atoms with Gasteiger partial charge in [-0.15, -0.1) is 0 Å². The smallest absolute Gasteiger partial charge is 0.337 e. The number of para-hydroxylation sites is 1. The van der Waals surface area contributed by atoms with Gasteiger partial charge in [-0.2, -0.15) is 0 Å². The summed E-state index contributed by atoms with van der Waals surface area (Å²) in [6, 6.07) is 13.5. The van der Waals surface area contributed by atoms with Gasteiger partial charge in [0.25, 0.3) is 11.5 Å². The van der Waals surface area contributed by atoms with Crippen LogP contribution in [0, 0.1) is 0 Å². The first kappa shape index (κ1) is 20.9. The molecule has 1 amide bonds. The van der Waals surface area contributed by atoms with E-state index in [2.05, 4.69) is 10.1 Å². The fourth-order valence-corrected chi connectivity index (χ4v) is 3.09. The minimum atomic E-state index is -0.632. The maximum absolute atomic E-state index is 12.6. The van der Waals surface area contributed by atoms with Gasteiger partial charge in [0, 0.05) is 19.0 Å². The minimum Gasteiger partial charge on any atom is -0.502 e. The molecule has 156 valence electrons. The largest absolute Gasteiger partial charge is 0.502 e. The maximum Gasteiger partial charge on any atom is 0.337 e. The minimum absolute atomic E-state index is 0.0413. The molecule has 2 aromatic carbocycles. The Balaban J connectivity index is 1.61. The van der Waals surface area contributed by atoms with Crippen LogP contribution in [0.25, 0.3) is 10.9 Å². The number of aromatic nitrogens is 1.